The van der Waals surface area contributed by atoms with Crippen LogP contribution in [0.15, 0.2) is 29.2 Å². The molecule has 1 heterocycles. The average molecular weight is 456 g/mol. The lowest BCUT2D eigenvalue weighted by molar-refractivity contribution is -0.128. The van der Waals surface area contributed by atoms with Gasteiger partial charge in [0.25, 0.3) is 5.91 Å². The van der Waals surface area contributed by atoms with Gasteiger partial charge in [-0.05, 0) is 63.8 Å². The van der Waals surface area contributed by atoms with Gasteiger partial charge in [0, 0.05) is 31.2 Å². The smallest absolute Gasteiger partial charge is 0.319 e. The van der Waals surface area contributed by atoms with Crippen molar-refractivity contribution in [3.63, 3.8) is 0 Å². The van der Waals surface area contributed by atoms with Crippen molar-refractivity contribution in [3.8, 4) is 0 Å². The van der Waals surface area contributed by atoms with Crippen LogP contribution in [0.1, 0.15) is 39.5 Å². The Morgan fingerprint density at radius 2 is 1.71 bits per heavy atom. The molecule has 1 saturated carbocycles. The molecule has 1 saturated heterocycles. The second kappa shape index (κ2) is 9.49. The van der Waals surface area contributed by atoms with Crippen LogP contribution in [0.4, 0.5) is 9.18 Å². The fourth-order valence-electron chi connectivity index (χ4n) is 3.95. The van der Waals surface area contributed by atoms with Gasteiger partial charge in [-0.15, -0.1) is 0 Å². The predicted molar refractivity (Wildman–Crippen MR) is 113 cm³/mol. The fraction of sp³-hybridized carbons (Fsp3) is 0.600. The van der Waals surface area contributed by atoms with Crippen LogP contribution in [0, 0.1) is 5.82 Å². The van der Waals surface area contributed by atoms with Crippen molar-refractivity contribution >= 4 is 22.0 Å². The number of nitrogens with one attached hydrogen (secondary N) is 2. The summed E-state index contributed by atoms with van der Waals surface area (Å²) in [6.07, 6.45) is 1.60. The summed E-state index contributed by atoms with van der Waals surface area (Å²) in [5.41, 5.74) is 5.92. The number of rotatable bonds is 5. The molecule has 0 aromatic heterocycles. The van der Waals surface area contributed by atoms with E-state index < -0.39 is 33.9 Å². The van der Waals surface area contributed by atoms with E-state index in [4.69, 9.17) is 5.73 Å². The highest BCUT2D eigenvalue weighted by Gasteiger charge is 2.47. The minimum Gasteiger partial charge on any atom is -0.350 e. The number of hydrogen-bond acceptors (Lipinski definition) is 5. The Hall–Kier alpha value is -2.24. The molecule has 1 unspecified atom stereocenters. The zero-order valence-electron chi connectivity index (χ0n) is 17.8. The summed E-state index contributed by atoms with van der Waals surface area (Å²) in [5, 5.41) is 5.62. The summed E-state index contributed by atoms with van der Waals surface area (Å²) >= 11 is 0. The van der Waals surface area contributed by atoms with Crippen LogP contribution in [-0.4, -0.2) is 66.9 Å². The first-order valence-electron chi connectivity index (χ1n) is 10.5. The summed E-state index contributed by atoms with van der Waals surface area (Å²) in [5.74, 6) is -1.12. The van der Waals surface area contributed by atoms with Gasteiger partial charge in [0.05, 0.1) is 4.90 Å². The monoisotopic (exact) mass is 455 g/mol. The molecule has 11 heteroatoms. The molecule has 0 bridgehead atoms. The molecular formula is C20H30FN5O4S. The quantitative estimate of drug-likeness (QED) is 0.610. The van der Waals surface area contributed by atoms with Crippen LogP contribution < -0.4 is 16.4 Å². The van der Waals surface area contributed by atoms with Crippen LogP contribution in [0.2, 0.25) is 0 Å². The molecule has 2 aliphatic rings. The van der Waals surface area contributed by atoms with E-state index in [9.17, 15) is 22.4 Å². The standard InChI is InChI=1S/C20H30FN5O4S/c1-13(2)23-20(28)25-11-12-26(31(29,30)17-9-3-14(21)4-10-17)19(25)18(27)24-16-7-5-15(22)6-8-16/h3-4,9-10,13,15-16,19H,5-8,11-12,22H2,1-2H3,(H,23,28)(H,24,27). The Bertz CT molecular complexity index is 901. The number of carbonyl (C=O) groups excluding carboxylic acids is 2. The van der Waals surface area contributed by atoms with Gasteiger partial charge in [-0.2, -0.15) is 4.31 Å². The number of nitrogens with zero attached hydrogens (tertiary/aromatic N) is 2. The van der Waals surface area contributed by atoms with E-state index in [1.54, 1.807) is 13.8 Å². The maximum absolute atomic E-state index is 13.3. The van der Waals surface area contributed by atoms with Crippen LogP contribution in [0.5, 0.6) is 0 Å². The molecule has 0 radical (unpaired) electrons. The molecule has 3 amide bonds. The van der Waals surface area contributed by atoms with Gasteiger partial charge in [0.2, 0.25) is 10.0 Å². The van der Waals surface area contributed by atoms with E-state index in [0.717, 1.165) is 41.4 Å². The van der Waals surface area contributed by atoms with Crippen LogP contribution in [-0.2, 0) is 14.8 Å². The van der Waals surface area contributed by atoms with Crippen molar-refractivity contribution in [1.29, 1.82) is 0 Å². The average Bonchev–Trinajstić information content (AvgIpc) is 3.16. The molecule has 172 valence electrons. The lowest BCUT2D eigenvalue weighted by Gasteiger charge is -2.32. The Morgan fingerprint density at radius 1 is 1.10 bits per heavy atom. The van der Waals surface area contributed by atoms with Gasteiger partial charge in [0.1, 0.15) is 5.82 Å². The summed E-state index contributed by atoms with van der Waals surface area (Å²) < 4.78 is 40.8. The molecule has 9 nitrogen and oxygen atoms in total. The molecule has 4 N–H and O–H groups in total. The van der Waals surface area contributed by atoms with Gasteiger partial charge < -0.3 is 16.4 Å². The van der Waals surface area contributed by atoms with Gasteiger partial charge >= 0.3 is 6.03 Å². The van der Waals surface area contributed by atoms with Crippen molar-refractivity contribution < 1.29 is 22.4 Å². The Balaban J connectivity index is 1.87. The zero-order valence-corrected chi connectivity index (χ0v) is 18.6. The van der Waals surface area contributed by atoms with Gasteiger partial charge in [0.15, 0.2) is 6.17 Å². The fourth-order valence-corrected chi connectivity index (χ4v) is 5.50. The zero-order chi connectivity index (χ0) is 22.8. The lowest BCUT2D eigenvalue weighted by atomic mass is 9.92. The highest BCUT2D eigenvalue weighted by Crippen LogP contribution is 2.26. The number of halogens is 1. The molecule has 1 aliphatic carbocycles. The number of amides is 3. The summed E-state index contributed by atoms with van der Waals surface area (Å²) in [4.78, 5) is 27.0. The van der Waals surface area contributed by atoms with E-state index in [1.165, 1.54) is 4.90 Å². The third-order valence-corrected chi connectivity index (χ3v) is 7.44. The highest BCUT2D eigenvalue weighted by atomic mass is 32.2. The van der Waals surface area contributed by atoms with Crippen LogP contribution in [0.3, 0.4) is 0 Å². The normalized spacial score (nSPS) is 24.9. The molecule has 2 fully saturated rings. The Morgan fingerprint density at radius 3 is 2.29 bits per heavy atom. The molecule has 1 aliphatic heterocycles. The maximum atomic E-state index is 13.3. The SMILES string of the molecule is CC(C)NC(=O)N1CCN(S(=O)(=O)c2ccc(F)cc2)C1C(=O)NC1CCC(N)CC1. The maximum Gasteiger partial charge on any atom is 0.319 e. The second-order valence-electron chi connectivity index (χ2n) is 8.36. The molecule has 3 rings (SSSR count). The minimum atomic E-state index is -4.13. The van der Waals surface area contributed by atoms with Crippen molar-refractivity contribution in [1.82, 2.24) is 19.8 Å². The van der Waals surface area contributed by atoms with Crippen molar-refractivity contribution in [3.05, 3.63) is 30.1 Å². The Labute approximate surface area is 182 Å². The van der Waals surface area contributed by atoms with E-state index in [0.29, 0.717) is 12.8 Å². The van der Waals surface area contributed by atoms with Crippen LogP contribution >= 0.6 is 0 Å². The molecule has 1 atom stereocenters. The number of hydrogen-bond donors (Lipinski definition) is 3. The van der Waals surface area contributed by atoms with Gasteiger partial charge in [-0.25, -0.2) is 17.6 Å². The minimum absolute atomic E-state index is 0.0428. The third kappa shape index (κ3) is 5.34. The van der Waals surface area contributed by atoms with Crippen molar-refractivity contribution in [2.75, 3.05) is 13.1 Å². The van der Waals surface area contributed by atoms with E-state index in [-0.39, 0.29) is 36.1 Å². The molecule has 1 aromatic carbocycles. The van der Waals surface area contributed by atoms with E-state index in [2.05, 4.69) is 10.6 Å². The lowest BCUT2D eigenvalue weighted by Crippen LogP contribution is -2.58. The predicted octanol–water partition coefficient (Wildman–Crippen LogP) is 0.962. The first-order valence-corrected chi connectivity index (χ1v) is 11.9. The third-order valence-electron chi connectivity index (χ3n) is 5.58. The molecule has 31 heavy (non-hydrogen) atoms. The van der Waals surface area contributed by atoms with Crippen molar-refractivity contribution in [2.45, 2.75) is 68.7 Å². The van der Waals surface area contributed by atoms with E-state index in [1.807, 2.05) is 0 Å². The first-order chi connectivity index (χ1) is 14.6. The Kier molecular flexibility index (Phi) is 7.17. The highest BCUT2D eigenvalue weighted by molar-refractivity contribution is 7.89. The van der Waals surface area contributed by atoms with Gasteiger partial charge in [-0.1, -0.05) is 0 Å². The topological polar surface area (TPSA) is 125 Å². The van der Waals surface area contributed by atoms with Gasteiger partial charge in [-0.3, -0.25) is 9.69 Å². The number of urea groups is 1. The largest absolute Gasteiger partial charge is 0.350 e. The summed E-state index contributed by atoms with van der Waals surface area (Å²) in [6, 6.07) is 3.68. The molecule has 0 spiro atoms. The number of benzene rings is 1. The van der Waals surface area contributed by atoms with Crippen LogP contribution in [0.25, 0.3) is 0 Å². The first kappa shape index (κ1) is 23.4. The number of carbonyl (C=O) groups is 2. The summed E-state index contributed by atoms with van der Waals surface area (Å²) in [6.45, 7) is 3.58. The number of sulfonamides is 1. The van der Waals surface area contributed by atoms with Crippen molar-refractivity contribution in [2.24, 2.45) is 5.73 Å². The number of nitrogens with two attached hydrogens (primary N) is 1. The molecular weight excluding hydrogens is 425 g/mol. The summed E-state index contributed by atoms with van der Waals surface area (Å²) in [7, 11) is -4.13. The molecule has 1 aromatic rings. The van der Waals surface area contributed by atoms with E-state index >= 15 is 0 Å². The second-order valence-corrected chi connectivity index (χ2v) is 10.3.